The average Bonchev–Trinajstić information content (AvgIpc) is 2.42. The van der Waals surface area contributed by atoms with Gasteiger partial charge in [0, 0.05) is 11.1 Å². The molecule has 3 rings (SSSR count). The van der Waals surface area contributed by atoms with Crippen molar-refractivity contribution >= 4 is 22.4 Å². The molecule has 1 N–H and O–H groups in total. The summed E-state index contributed by atoms with van der Waals surface area (Å²) in [5.41, 5.74) is 2.77. The molecule has 19 heavy (non-hydrogen) atoms. The third kappa shape index (κ3) is 2.25. The molecule has 1 heterocycles. The summed E-state index contributed by atoms with van der Waals surface area (Å²) < 4.78 is 13.4. The minimum Gasteiger partial charge on any atom is -0.339 e. The van der Waals surface area contributed by atoms with E-state index in [1.165, 1.54) is 18.5 Å². The normalized spacial score (nSPS) is 10.6. The highest BCUT2D eigenvalue weighted by molar-refractivity contribution is 5.90. The van der Waals surface area contributed by atoms with E-state index in [0.29, 0.717) is 16.7 Å². The molecule has 0 spiro atoms. The van der Waals surface area contributed by atoms with E-state index in [2.05, 4.69) is 15.3 Å². The summed E-state index contributed by atoms with van der Waals surface area (Å²) in [5.74, 6) is 0.314. The Bertz CT molecular complexity index is 740. The Morgan fingerprint density at radius 3 is 2.74 bits per heavy atom. The van der Waals surface area contributed by atoms with Gasteiger partial charge in [0.2, 0.25) is 0 Å². The van der Waals surface area contributed by atoms with E-state index >= 15 is 0 Å². The van der Waals surface area contributed by atoms with Crippen LogP contribution in [0.15, 0.2) is 48.8 Å². The molecule has 2 aromatic carbocycles. The number of rotatable bonds is 2. The second kappa shape index (κ2) is 4.65. The van der Waals surface area contributed by atoms with Crippen LogP contribution in [-0.2, 0) is 0 Å². The van der Waals surface area contributed by atoms with Gasteiger partial charge in [0.1, 0.15) is 18.0 Å². The van der Waals surface area contributed by atoms with Gasteiger partial charge in [-0.1, -0.05) is 18.2 Å². The minimum absolute atomic E-state index is 0.296. The van der Waals surface area contributed by atoms with Crippen LogP contribution < -0.4 is 5.32 Å². The van der Waals surface area contributed by atoms with Gasteiger partial charge in [0.25, 0.3) is 0 Å². The van der Waals surface area contributed by atoms with Crippen molar-refractivity contribution in [3.8, 4) is 0 Å². The van der Waals surface area contributed by atoms with Crippen molar-refractivity contribution < 1.29 is 4.39 Å². The van der Waals surface area contributed by atoms with Gasteiger partial charge >= 0.3 is 0 Å². The van der Waals surface area contributed by atoms with Crippen molar-refractivity contribution in [3.63, 3.8) is 0 Å². The lowest BCUT2D eigenvalue weighted by Gasteiger charge is -2.10. The fraction of sp³-hybridized carbons (Fsp3) is 0.0667. The minimum atomic E-state index is -0.296. The van der Waals surface area contributed by atoms with Gasteiger partial charge in [-0.25, -0.2) is 14.4 Å². The smallest absolute Gasteiger partial charge is 0.141 e. The Kier molecular flexibility index (Phi) is 2.83. The largest absolute Gasteiger partial charge is 0.339 e. The third-order valence-corrected chi connectivity index (χ3v) is 3.00. The van der Waals surface area contributed by atoms with Crippen molar-refractivity contribution in [3.05, 3.63) is 60.2 Å². The molecule has 0 unspecified atom stereocenters. The van der Waals surface area contributed by atoms with E-state index in [1.54, 1.807) is 6.07 Å². The molecule has 0 amide bonds. The van der Waals surface area contributed by atoms with Crippen LogP contribution in [0.1, 0.15) is 5.56 Å². The maximum absolute atomic E-state index is 13.4. The van der Waals surface area contributed by atoms with Gasteiger partial charge in [0.05, 0.1) is 5.52 Å². The lowest BCUT2D eigenvalue weighted by atomic mass is 10.2. The van der Waals surface area contributed by atoms with E-state index in [-0.39, 0.29) is 5.82 Å². The fourth-order valence-corrected chi connectivity index (χ4v) is 1.97. The first-order chi connectivity index (χ1) is 9.24. The second-order valence-electron chi connectivity index (χ2n) is 4.32. The van der Waals surface area contributed by atoms with Crippen LogP contribution in [0.25, 0.3) is 10.9 Å². The van der Waals surface area contributed by atoms with Gasteiger partial charge < -0.3 is 5.32 Å². The number of benzene rings is 2. The standard InChI is InChI=1S/C15H12FN3/c1-10-4-2-3-5-13(10)19-15-12-8-11(16)6-7-14(12)17-9-18-15/h2-9H,1H3,(H,17,18,19). The molecule has 3 nitrogen and oxygen atoms in total. The van der Waals surface area contributed by atoms with Crippen molar-refractivity contribution in [1.82, 2.24) is 9.97 Å². The maximum Gasteiger partial charge on any atom is 0.141 e. The molecule has 0 aliphatic rings. The van der Waals surface area contributed by atoms with Gasteiger partial charge in [-0.2, -0.15) is 0 Å². The summed E-state index contributed by atoms with van der Waals surface area (Å²) >= 11 is 0. The summed E-state index contributed by atoms with van der Waals surface area (Å²) in [6.45, 7) is 2.01. The van der Waals surface area contributed by atoms with Crippen LogP contribution >= 0.6 is 0 Å². The number of para-hydroxylation sites is 1. The summed E-state index contributed by atoms with van der Waals surface area (Å²) in [4.78, 5) is 8.32. The fourth-order valence-electron chi connectivity index (χ4n) is 1.97. The first kappa shape index (κ1) is 11.6. The molecule has 0 aliphatic carbocycles. The zero-order valence-electron chi connectivity index (χ0n) is 10.4. The van der Waals surface area contributed by atoms with Gasteiger partial charge in [-0.15, -0.1) is 0 Å². The molecule has 0 saturated heterocycles. The van der Waals surface area contributed by atoms with E-state index < -0.39 is 0 Å². The molecule has 0 radical (unpaired) electrons. The van der Waals surface area contributed by atoms with Crippen LogP contribution in [0.3, 0.4) is 0 Å². The lowest BCUT2D eigenvalue weighted by Crippen LogP contribution is -1.97. The average molecular weight is 253 g/mol. The van der Waals surface area contributed by atoms with Crippen LogP contribution in [0.4, 0.5) is 15.9 Å². The highest BCUT2D eigenvalue weighted by Crippen LogP contribution is 2.25. The Balaban J connectivity index is 2.10. The summed E-state index contributed by atoms with van der Waals surface area (Å²) in [6, 6.07) is 12.4. The molecule has 0 fully saturated rings. The second-order valence-corrected chi connectivity index (χ2v) is 4.32. The van der Waals surface area contributed by atoms with Crippen LogP contribution in [0.2, 0.25) is 0 Å². The Labute approximate surface area is 110 Å². The SMILES string of the molecule is Cc1ccccc1Nc1ncnc2ccc(F)cc12. The number of hydrogen-bond acceptors (Lipinski definition) is 3. The Morgan fingerprint density at radius 1 is 1.05 bits per heavy atom. The molecule has 1 aromatic heterocycles. The zero-order valence-corrected chi connectivity index (χ0v) is 10.4. The van der Waals surface area contributed by atoms with Crippen LogP contribution in [0, 0.1) is 12.7 Å². The van der Waals surface area contributed by atoms with Gasteiger partial charge in [-0.05, 0) is 36.8 Å². The molecule has 4 heteroatoms. The number of halogens is 1. The molecule has 3 aromatic rings. The number of nitrogens with zero attached hydrogens (tertiary/aromatic N) is 2. The summed E-state index contributed by atoms with van der Waals surface area (Å²) in [5, 5.41) is 3.90. The molecular weight excluding hydrogens is 241 g/mol. The van der Waals surface area contributed by atoms with Crippen molar-refractivity contribution in [2.75, 3.05) is 5.32 Å². The summed E-state index contributed by atoms with van der Waals surface area (Å²) in [7, 11) is 0. The van der Waals surface area contributed by atoms with Crippen molar-refractivity contribution in [2.24, 2.45) is 0 Å². The Morgan fingerprint density at radius 2 is 1.89 bits per heavy atom. The molecule has 0 aliphatic heterocycles. The molecular formula is C15H12FN3. The monoisotopic (exact) mass is 253 g/mol. The molecule has 0 bridgehead atoms. The maximum atomic E-state index is 13.4. The molecule has 0 atom stereocenters. The first-order valence-electron chi connectivity index (χ1n) is 5.97. The summed E-state index contributed by atoms with van der Waals surface area (Å²) in [6.07, 6.45) is 1.47. The lowest BCUT2D eigenvalue weighted by molar-refractivity contribution is 0.629. The van der Waals surface area contributed by atoms with E-state index in [1.807, 2.05) is 31.2 Å². The molecule has 0 saturated carbocycles. The zero-order chi connectivity index (χ0) is 13.2. The highest BCUT2D eigenvalue weighted by atomic mass is 19.1. The quantitative estimate of drug-likeness (QED) is 0.754. The number of aryl methyl sites for hydroxylation is 1. The number of fused-ring (bicyclic) bond motifs is 1. The van der Waals surface area contributed by atoms with Crippen LogP contribution in [0.5, 0.6) is 0 Å². The highest BCUT2D eigenvalue weighted by Gasteiger charge is 2.06. The number of hydrogen-bond donors (Lipinski definition) is 1. The van der Waals surface area contributed by atoms with Gasteiger partial charge in [-0.3, -0.25) is 0 Å². The van der Waals surface area contributed by atoms with E-state index in [9.17, 15) is 4.39 Å². The van der Waals surface area contributed by atoms with Crippen molar-refractivity contribution in [2.45, 2.75) is 6.92 Å². The van der Waals surface area contributed by atoms with E-state index in [4.69, 9.17) is 0 Å². The number of aromatic nitrogens is 2. The van der Waals surface area contributed by atoms with Crippen molar-refractivity contribution in [1.29, 1.82) is 0 Å². The Hall–Kier alpha value is -2.49. The van der Waals surface area contributed by atoms with Gasteiger partial charge in [0.15, 0.2) is 0 Å². The predicted octanol–water partition coefficient (Wildman–Crippen LogP) is 3.82. The number of nitrogens with one attached hydrogen (secondary N) is 1. The topological polar surface area (TPSA) is 37.8 Å². The van der Waals surface area contributed by atoms with E-state index in [0.717, 1.165) is 11.3 Å². The number of anilines is 2. The predicted molar refractivity (Wildman–Crippen MR) is 74.0 cm³/mol. The first-order valence-corrected chi connectivity index (χ1v) is 5.97. The molecule has 94 valence electrons. The van der Waals surface area contributed by atoms with Crippen LogP contribution in [-0.4, -0.2) is 9.97 Å². The third-order valence-electron chi connectivity index (χ3n) is 3.00.